The smallest absolute Gasteiger partial charge is 0.276 e. The highest BCUT2D eigenvalue weighted by atomic mass is 16.6. The first-order valence-electron chi connectivity index (χ1n) is 10.3. The Morgan fingerprint density at radius 1 is 1.03 bits per heavy atom. The molecule has 0 spiro atoms. The van der Waals surface area contributed by atoms with Gasteiger partial charge >= 0.3 is 0 Å². The number of ether oxygens (including phenoxy) is 1. The van der Waals surface area contributed by atoms with Crippen LogP contribution in [-0.2, 0) is 9.59 Å². The predicted octanol–water partition coefficient (Wildman–Crippen LogP) is 3.41. The summed E-state index contributed by atoms with van der Waals surface area (Å²) in [5.41, 5.74) is 0.831. The van der Waals surface area contributed by atoms with Crippen molar-refractivity contribution in [2.24, 2.45) is 0 Å². The summed E-state index contributed by atoms with van der Waals surface area (Å²) in [6.07, 6.45) is 5.00. The number of rotatable bonds is 4. The van der Waals surface area contributed by atoms with Gasteiger partial charge in [0.25, 0.3) is 17.5 Å². The summed E-state index contributed by atoms with van der Waals surface area (Å²) in [4.78, 5) is 40.1. The number of piperidine rings is 1. The number of anilines is 1. The number of hydrogen-bond donors (Lipinski definition) is 0. The van der Waals surface area contributed by atoms with Gasteiger partial charge < -0.3 is 14.5 Å². The number of nitro groups is 1. The molecule has 1 saturated heterocycles. The fourth-order valence-electron chi connectivity index (χ4n) is 3.94. The Bertz CT molecular complexity index is 1030. The van der Waals surface area contributed by atoms with Gasteiger partial charge in [-0.05, 0) is 43.5 Å². The van der Waals surface area contributed by atoms with E-state index in [2.05, 4.69) is 0 Å². The maximum Gasteiger partial charge on any atom is 0.276 e. The maximum absolute atomic E-state index is 13.0. The van der Waals surface area contributed by atoms with Crippen molar-refractivity contribution in [1.82, 2.24) is 4.90 Å². The number of benzene rings is 2. The van der Waals surface area contributed by atoms with Crippen LogP contribution >= 0.6 is 0 Å². The van der Waals surface area contributed by atoms with Crippen molar-refractivity contribution >= 4 is 29.3 Å². The van der Waals surface area contributed by atoms with E-state index in [9.17, 15) is 19.7 Å². The van der Waals surface area contributed by atoms with Crippen LogP contribution in [0.5, 0.6) is 5.75 Å². The lowest BCUT2D eigenvalue weighted by Gasteiger charge is -2.37. The fourth-order valence-corrected chi connectivity index (χ4v) is 3.94. The Kier molecular flexibility index (Phi) is 5.97. The van der Waals surface area contributed by atoms with Gasteiger partial charge in [0.05, 0.1) is 22.7 Å². The van der Waals surface area contributed by atoms with E-state index in [4.69, 9.17) is 4.74 Å². The third kappa shape index (κ3) is 4.42. The molecule has 2 aromatic carbocycles. The van der Waals surface area contributed by atoms with E-state index < -0.39 is 11.0 Å². The Hall–Kier alpha value is -3.68. The standard InChI is InChI=1S/C23H23N3O5/c27-22(13-12-17-8-2-3-9-18(17)26(29)30)25-16-21(23(28)24-14-6-1-7-15-24)31-20-11-5-4-10-19(20)25/h2-5,8-13,21H,1,6-7,14-16H2/b13-12+/t21-/m1/s1. The fraction of sp³-hybridized carbons (Fsp3) is 0.304. The van der Waals surface area contributed by atoms with Gasteiger partial charge in [-0.15, -0.1) is 0 Å². The van der Waals surface area contributed by atoms with Gasteiger partial charge in [0.2, 0.25) is 0 Å². The van der Waals surface area contributed by atoms with Gasteiger partial charge in [-0.25, -0.2) is 0 Å². The molecule has 1 fully saturated rings. The van der Waals surface area contributed by atoms with Gasteiger partial charge in [0, 0.05) is 25.2 Å². The van der Waals surface area contributed by atoms with Crippen molar-refractivity contribution in [2.45, 2.75) is 25.4 Å². The third-order valence-corrected chi connectivity index (χ3v) is 5.52. The zero-order valence-corrected chi connectivity index (χ0v) is 17.0. The molecule has 2 aliphatic heterocycles. The lowest BCUT2D eigenvalue weighted by atomic mass is 10.1. The van der Waals surface area contributed by atoms with E-state index in [0.29, 0.717) is 30.1 Å². The molecule has 0 aliphatic carbocycles. The molecule has 0 aromatic heterocycles. The Labute approximate surface area is 179 Å². The zero-order valence-electron chi connectivity index (χ0n) is 17.0. The molecule has 8 nitrogen and oxygen atoms in total. The average molecular weight is 421 g/mol. The summed E-state index contributed by atoms with van der Waals surface area (Å²) in [6, 6.07) is 13.3. The molecule has 2 aliphatic rings. The van der Waals surface area contributed by atoms with E-state index in [-0.39, 0.29) is 24.0 Å². The monoisotopic (exact) mass is 421 g/mol. The first kappa shape index (κ1) is 20.6. The highest BCUT2D eigenvalue weighted by Gasteiger charge is 2.35. The molecule has 0 N–H and O–H groups in total. The van der Waals surface area contributed by atoms with Crippen molar-refractivity contribution in [3.8, 4) is 5.75 Å². The summed E-state index contributed by atoms with van der Waals surface area (Å²) in [7, 11) is 0. The number of amides is 2. The molecular weight excluding hydrogens is 398 g/mol. The Balaban J connectivity index is 1.58. The van der Waals surface area contributed by atoms with Crippen LogP contribution in [0.3, 0.4) is 0 Å². The minimum atomic E-state index is -0.781. The highest BCUT2D eigenvalue weighted by molar-refractivity contribution is 6.06. The van der Waals surface area contributed by atoms with Gasteiger partial charge in [0.15, 0.2) is 6.10 Å². The van der Waals surface area contributed by atoms with Crippen molar-refractivity contribution in [2.75, 3.05) is 24.5 Å². The van der Waals surface area contributed by atoms with Crippen molar-refractivity contribution in [3.05, 3.63) is 70.3 Å². The minimum Gasteiger partial charge on any atom is -0.476 e. The van der Waals surface area contributed by atoms with Crippen molar-refractivity contribution in [1.29, 1.82) is 0 Å². The normalized spacial score (nSPS) is 18.4. The van der Waals surface area contributed by atoms with E-state index in [1.54, 1.807) is 47.4 Å². The minimum absolute atomic E-state index is 0.0768. The van der Waals surface area contributed by atoms with Crippen LogP contribution in [-0.4, -0.2) is 47.4 Å². The summed E-state index contributed by atoms with van der Waals surface area (Å²) in [5, 5.41) is 11.2. The summed E-state index contributed by atoms with van der Waals surface area (Å²) in [6.45, 7) is 1.49. The number of hydrogen-bond acceptors (Lipinski definition) is 5. The molecule has 31 heavy (non-hydrogen) atoms. The summed E-state index contributed by atoms with van der Waals surface area (Å²) < 4.78 is 5.94. The molecule has 2 heterocycles. The van der Waals surface area contributed by atoms with E-state index in [0.717, 1.165) is 19.3 Å². The second-order valence-electron chi connectivity index (χ2n) is 7.56. The second kappa shape index (κ2) is 8.99. The summed E-state index contributed by atoms with van der Waals surface area (Å²) in [5.74, 6) is -0.0171. The Morgan fingerprint density at radius 2 is 1.74 bits per heavy atom. The van der Waals surface area contributed by atoms with Crippen LogP contribution in [0.4, 0.5) is 11.4 Å². The van der Waals surface area contributed by atoms with E-state index in [1.165, 1.54) is 23.1 Å². The van der Waals surface area contributed by atoms with Crippen molar-refractivity contribution < 1.29 is 19.2 Å². The van der Waals surface area contributed by atoms with Crippen LogP contribution in [0.25, 0.3) is 6.08 Å². The first-order chi connectivity index (χ1) is 15.0. The van der Waals surface area contributed by atoms with E-state index in [1.807, 2.05) is 0 Å². The largest absolute Gasteiger partial charge is 0.476 e. The molecule has 1 atom stereocenters. The number of fused-ring (bicyclic) bond motifs is 1. The second-order valence-corrected chi connectivity index (χ2v) is 7.56. The van der Waals surface area contributed by atoms with Crippen LogP contribution in [0, 0.1) is 10.1 Å². The van der Waals surface area contributed by atoms with Gasteiger partial charge in [0.1, 0.15) is 5.75 Å². The SMILES string of the molecule is O=C([C@H]1CN(C(=O)/C=C/c2ccccc2[N+](=O)[O-])c2ccccc2O1)N1CCCCC1. The molecule has 8 heteroatoms. The quantitative estimate of drug-likeness (QED) is 0.428. The highest BCUT2D eigenvalue weighted by Crippen LogP contribution is 2.34. The van der Waals surface area contributed by atoms with Gasteiger partial charge in [-0.3, -0.25) is 19.7 Å². The molecule has 0 unspecified atom stereocenters. The maximum atomic E-state index is 13.0. The topological polar surface area (TPSA) is 93.0 Å². The first-order valence-corrected chi connectivity index (χ1v) is 10.3. The number of nitrogens with zero attached hydrogens (tertiary/aromatic N) is 3. The molecule has 4 rings (SSSR count). The van der Waals surface area contributed by atoms with Crippen LogP contribution in [0.2, 0.25) is 0 Å². The molecule has 0 radical (unpaired) electrons. The average Bonchev–Trinajstić information content (AvgIpc) is 2.82. The molecule has 2 aromatic rings. The van der Waals surface area contributed by atoms with Crippen LogP contribution in [0.1, 0.15) is 24.8 Å². The third-order valence-electron chi connectivity index (χ3n) is 5.52. The number of nitro benzene ring substituents is 1. The number of carbonyl (C=O) groups excluding carboxylic acids is 2. The van der Waals surface area contributed by atoms with Crippen LogP contribution in [0.15, 0.2) is 54.6 Å². The van der Waals surface area contributed by atoms with E-state index >= 15 is 0 Å². The molecule has 160 valence electrons. The summed E-state index contributed by atoms with van der Waals surface area (Å²) >= 11 is 0. The van der Waals surface area contributed by atoms with Gasteiger partial charge in [-0.2, -0.15) is 0 Å². The molecule has 2 amide bonds. The predicted molar refractivity (Wildman–Crippen MR) is 116 cm³/mol. The number of carbonyl (C=O) groups is 2. The molecule has 0 saturated carbocycles. The zero-order chi connectivity index (χ0) is 21.8. The molecule has 0 bridgehead atoms. The molecular formula is C23H23N3O5. The number of likely N-dealkylation sites (tertiary alicyclic amines) is 1. The van der Waals surface area contributed by atoms with Crippen molar-refractivity contribution in [3.63, 3.8) is 0 Å². The van der Waals surface area contributed by atoms with Crippen LogP contribution < -0.4 is 9.64 Å². The lowest BCUT2D eigenvalue weighted by molar-refractivity contribution is -0.385. The van der Waals surface area contributed by atoms with Gasteiger partial charge in [-0.1, -0.05) is 24.3 Å². The lowest BCUT2D eigenvalue weighted by Crippen LogP contribution is -2.52. The Morgan fingerprint density at radius 3 is 2.52 bits per heavy atom. The number of para-hydroxylation sites is 3.